The molecule has 2 aromatic carbocycles. The Bertz CT molecular complexity index is 748. The first-order valence-corrected chi connectivity index (χ1v) is 9.80. The molecule has 142 valence electrons. The molecule has 0 radical (unpaired) electrons. The van der Waals surface area contributed by atoms with Gasteiger partial charge in [-0.15, -0.1) is 0 Å². The van der Waals surface area contributed by atoms with Gasteiger partial charge in [0.15, 0.2) is 0 Å². The van der Waals surface area contributed by atoms with Crippen LogP contribution in [-0.2, 0) is 17.8 Å². The molecule has 0 aliphatic carbocycles. The van der Waals surface area contributed by atoms with Crippen LogP contribution in [0.15, 0.2) is 54.6 Å². The normalized spacial score (nSPS) is 14.8. The molecule has 4 heteroatoms. The summed E-state index contributed by atoms with van der Waals surface area (Å²) in [5.41, 5.74) is 2.90. The molecule has 1 saturated heterocycles. The van der Waals surface area contributed by atoms with E-state index in [2.05, 4.69) is 12.2 Å². The predicted molar refractivity (Wildman–Crippen MR) is 107 cm³/mol. The number of piperidine rings is 1. The van der Waals surface area contributed by atoms with E-state index in [-0.39, 0.29) is 11.8 Å². The van der Waals surface area contributed by atoms with Crippen LogP contribution in [0.4, 0.5) is 0 Å². The number of nitrogens with zero attached hydrogens (tertiary/aromatic N) is 1. The zero-order valence-electron chi connectivity index (χ0n) is 16.0. The smallest absolute Gasteiger partial charge is 0.253 e. The lowest BCUT2D eigenvalue weighted by atomic mass is 9.98. The SMILES string of the molecule is CC1CCN(C(=O)c2ccc(CNC(=O)CCc3ccccc3)cc2)CC1. The molecular formula is C23H28N2O2. The van der Waals surface area contributed by atoms with Gasteiger partial charge in [-0.25, -0.2) is 0 Å². The molecule has 1 fully saturated rings. The predicted octanol–water partition coefficient (Wildman–Crippen LogP) is 3.81. The van der Waals surface area contributed by atoms with E-state index in [1.807, 2.05) is 59.5 Å². The van der Waals surface area contributed by atoms with Crippen molar-refractivity contribution in [1.82, 2.24) is 10.2 Å². The fourth-order valence-electron chi connectivity index (χ4n) is 3.35. The van der Waals surface area contributed by atoms with E-state index >= 15 is 0 Å². The Kier molecular flexibility index (Phi) is 6.64. The Morgan fingerprint density at radius 1 is 0.963 bits per heavy atom. The van der Waals surface area contributed by atoms with E-state index in [1.165, 1.54) is 5.56 Å². The van der Waals surface area contributed by atoms with Gasteiger partial charge in [-0.2, -0.15) is 0 Å². The van der Waals surface area contributed by atoms with Gasteiger partial charge in [0.25, 0.3) is 5.91 Å². The highest BCUT2D eigenvalue weighted by Crippen LogP contribution is 2.18. The van der Waals surface area contributed by atoms with Crippen LogP contribution < -0.4 is 5.32 Å². The highest BCUT2D eigenvalue weighted by Gasteiger charge is 2.21. The summed E-state index contributed by atoms with van der Waals surface area (Å²) in [6.07, 6.45) is 3.39. The van der Waals surface area contributed by atoms with Crippen LogP contribution in [-0.4, -0.2) is 29.8 Å². The Labute approximate surface area is 161 Å². The average Bonchev–Trinajstić information content (AvgIpc) is 2.72. The van der Waals surface area contributed by atoms with Gasteiger partial charge >= 0.3 is 0 Å². The molecule has 2 aromatic rings. The minimum absolute atomic E-state index is 0.0430. The lowest BCUT2D eigenvalue weighted by Gasteiger charge is -2.30. The second-order valence-electron chi connectivity index (χ2n) is 7.43. The molecule has 1 heterocycles. The quantitative estimate of drug-likeness (QED) is 0.847. The number of hydrogen-bond donors (Lipinski definition) is 1. The third-order valence-corrected chi connectivity index (χ3v) is 5.24. The third-order valence-electron chi connectivity index (χ3n) is 5.24. The van der Waals surface area contributed by atoms with Crippen molar-refractivity contribution in [3.8, 4) is 0 Å². The first-order valence-electron chi connectivity index (χ1n) is 9.80. The van der Waals surface area contributed by atoms with Gasteiger partial charge in [0.2, 0.25) is 5.91 Å². The zero-order valence-corrected chi connectivity index (χ0v) is 16.0. The minimum atomic E-state index is 0.0430. The summed E-state index contributed by atoms with van der Waals surface area (Å²) in [6.45, 7) is 4.42. The van der Waals surface area contributed by atoms with Crippen LogP contribution in [0.2, 0.25) is 0 Å². The van der Waals surface area contributed by atoms with Crippen molar-refractivity contribution in [3.05, 3.63) is 71.3 Å². The highest BCUT2D eigenvalue weighted by atomic mass is 16.2. The van der Waals surface area contributed by atoms with Crippen molar-refractivity contribution < 1.29 is 9.59 Å². The minimum Gasteiger partial charge on any atom is -0.352 e. The van der Waals surface area contributed by atoms with Crippen molar-refractivity contribution in [3.63, 3.8) is 0 Å². The maximum Gasteiger partial charge on any atom is 0.253 e. The van der Waals surface area contributed by atoms with E-state index in [1.54, 1.807) is 0 Å². The van der Waals surface area contributed by atoms with Gasteiger partial charge in [0.1, 0.15) is 0 Å². The van der Waals surface area contributed by atoms with Gasteiger partial charge in [-0.05, 0) is 48.4 Å². The van der Waals surface area contributed by atoms with Gasteiger partial charge in [0, 0.05) is 31.6 Å². The molecule has 0 aromatic heterocycles. The van der Waals surface area contributed by atoms with Crippen LogP contribution >= 0.6 is 0 Å². The van der Waals surface area contributed by atoms with E-state index in [9.17, 15) is 9.59 Å². The number of carbonyl (C=O) groups is 2. The van der Waals surface area contributed by atoms with Gasteiger partial charge in [0.05, 0.1) is 0 Å². The average molecular weight is 364 g/mol. The topological polar surface area (TPSA) is 49.4 Å². The van der Waals surface area contributed by atoms with Crippen LogP contribution in [0.3, 0.4) is 0 Å². The number of likely N-dealkylation sites (tertiary alicyclic amines) is 1. The molecule has 3 rings (SSSR count). The maximum atomic E-state index is 12.6. The third kappa shape index (κ3) is 5.68. The molecule has 0 bridgehead atoms. The van der Waals surface area contributed by atoms with Crippen LogP contribution in [0.25, 0.3) is 0 Å². The number of carbonyl (C=O) groups excluding carboxylic acids is 2. The van der Waals surface area contributed by atoms with Gasteiger partial charge in [-0.3, -0.25) is 9.59 Å². The molecule has 1 aliphatic rings. The molecule has 4 nitrogen and oxygen atoms in total. The lowest BCUT2D eigenvalue weighted by molar-refractivity contribution is -0.121. The molecule has 0 saturated carbocycles. The van der Waals surface area contributed by atoms with Crippen LogP contribution in [0.1, 0.15) is 47.7 Å². The highest BCUT2D eigenvalue weighted by molar-refractivity contribution is 5.94. The summed E-state index contributed by atoms with van der Waals surface area (Å²) in [7, 11) is 0. The molecule has 27 heavy (non-hydrogen) atoms. The molecule has 0 atom stereocenters. The second kappa shape index (κ2) is 9.36. The molecule has 0 unspecified atom stereocenters. The van der Waals surface area contributed by atoms with E-state index in [0.717, 1.165) is 43.5 Å². The van der Waals surface area contributed by atoms with Crippen LogP contribution in [0.5, 0.6) is 0 Å². The summed E-state index contributed by atoms with van der Waals surface area (Å²) in [5.74, 6) is 0.865. The number of nitrogens with one attached hydrogen (secondary N) is 1. The van der Waals surface area contributed by atoms with E-state index < -0.39 is 0 Å². The zero-order chi connectivity index (χ0) is 19.1. The second-order valence-corrected chi connectivity index (χ2v) is 7.43. The molecular weight excluding hydrogens is 336 g/mol. The Morgan fingerprint density at radius 3 is 2.30 bits per heavy atom. The first-order chi connectivity index (χ1) is 13.1. The summed E-state index contributed by atoms with van der Waals surface area (Å²) in [6, 6.07) is 17.6. The first kappa shape index (κ1) is 19.2. The Balaban J connectivity index is 1.44. The van der Waals surface area contributed by atoms with Crippen LogP contribution in [0, 0.1) is 5.92 Å². The molecule has 0 spiro atoms. The van der Waals surface area contributed by atoms with Crippen molar-refractivity contribution >= 4 is 11.8 Å². The summed E-state index contributed by atoms with van der Waals surface area (Å²) in [4.78, 5) is 26.5. The largest absolute Gasteiger partial charge is 0.352 e. The van der Waals surface area contributed by atoms with Crippen molar-refractivity contribution in [2.75, 3.05) is 13.1 Å². The molecule has 2 amide bonds. The maximum absolute atomic E-state index is 12.6. The van der Waals surface area contributed by atoms with Crippen molar-refractivity contribution in [1.29, 1.82) is 0 Å². The van der Waals surface area contributed by atoms with Crippen molar-refractivity contribution in [2.24, 2.45) is 5.92 Å². The number of aryl methyl sites for hydroxylation is 1. The van der Waals surface area contributed by atoms with Gasteiger partial charge < -0.3 is 10.2 Å². The van der Waals surface area contributed by atoms with E-state index in [0.29, 0.717) is 18.9 Å². The number of amides is 2. The number of hydrogen-bond acceptors (Lipinski definition) is 2. The Morgan fingerprint density at radius 2 is 1.63 bits per heavy atom. The standard InChI is InChI=1S/C23H28N2O2/c1-18-13-15-25(16-14-18)23(27)21-10-7-20(8-11-21)17-24-22(26)12-9-19-5-3-2-4-6-19/h2-8,10-11,18H,9,12-17H2,1H3,(H,24,26). The van der Waals surface area contributed by atoms with Gasteiger partial charge in [-0.1, -0.05) is 49.4 Å². The number of rotatable bonds is 6. The summed E-state index contributed by atoms with van der Waals surface area (Å²) < 4.78 is 0. The van der Waals surface area contributed by atoms with E-state index in [4.69, 9.17) is 0 Å². The van der Waals surface area contributed by atoms with Crippen molar-refractivity contribution in [2.45, 2.75) is 39.2 Å². The molecule has 1 aliphatic heterocycles. The summed E-state index contributed by atoms with van der Waals surface area (Å²) >= 11 is 0. The fraction of sp³-hybridized carbons (Fsp3) is 0.391. The summed E-state index contributed by atoms with van der Waals surface area (Å²) in [5, 5.41) is 2.95. The molecule has 1 N–H and O–H groups in total. The fourth-order valence-corrected chi connectivity index (χ4v) is 3.35. The Hall–Kier alpha value is -2.62. The number of benzene rings is 2. The monoisotopic (exact) mass is 364 g/mol. The lowest BCUT2D eigenvalue weighted by Crippen LogP contribution is -2.37.